The Morgan fingerprint density at radius 2 is 1.76 bits per heavy atom. The molecule has 2 unspecified atom stereocenters. The third-order valence-corrected chi connectivity index (χ3v) is 6.18. The summed E-state index contributed by atoms with van der Waals surface area (Å²) in [7, 11) is -1.53. The molecule has 0 radical (unpaired) electrons. The first kappa shape index (κ1) is 18.7. The van der Waals surface area contributed by atoms with Crippen molar-refractivity contribution in [1.82, 2.24) is 10.2 Å². The number of carbonyl (C=O) groups is 1. The molecule has 2 saturated heterocycles. The first-order chi connectivity index (χ1) is 9.27. The minimum Gasteiger partial charge on any atom is -0.342 e. The van der Waals surface area contributed by atoms with E-state index in [0.717, 1.165) is 12.8 Å². The monoisotopic (exact) mass is 338 g/mol. The summed E-state index contributed by atoms with van der Waals surface area (Å²) in [6.45, 7) is 3.71. The van der Waals surface area contributed by atoms with Crippen LogP contribution in [0.2, 0.25) is 0 Å². The van der Waals surface area contributed by atoms with Gasteiger partial charge >= 0.3 is 0 Å². The van der Waals surface area contributed by atoms with Crippen LogP contribution in [-0.2, 0) is 14.6 Å². The van der Waals surface area contributed by atoms with Crippen molar-refractivity contribution in [3.63, 3.8) is 0 Å². The summed E-state index contributed by atoms with van der Waals surface area (Å²) in [5.41, 5.74) is 0. The van der Waals surface area contributed by atoms with Crippen LogP contribution in [0.15, 0.2) is 0 Å². The zero-order valence-corrected chi connectivity index (χ0v) is 14.7. The van der Waals surface area contributed by atoms with Crippen molar-refractivity contribution >= 4 is 28.2 Å². The summed E-state index contributed by atoms with van der Waals surface area (Å²) in [6, 6.07) is 1.19. The molecule has 2 bridgehead atoms. The summed E-state index contributed by atoms with van der Waals surface area (Å²) in [4.78, 5) is 13.9. The zero-order chi connectivity index (χ0) is 14.9. The molecule has 2 heterocycles. The highest BCUT2D eigenvalue weighted by Gasteiger charge is 2.36. The number of halogens is 1. The van der Waals surface area contributed by atoms with E-state index in [1.54, 1.807) is 11.9 Å². The molecule has 7 heteroatoms. The van der Waals surface area contributed by atoms with Crippen LogP contribution in [-0.4, -0.2) is 55.9 Å². The molecule has 5 nitrogen and oxygen atoms in total. The standard InChI is InChI=1S/C14H26N2O3S.ClH/c1-10(2)8-20(18,19)9-14(17)16(3)13-6-11-4-5-12(7-13)15-11;/h10-13,15H,4-9H2,1-3H3;1H. The van der Waals surface area contributed by atoms with Crippen molar-refractivity contribution in [1.29, 1.82) is 0 Å². The lowest BCUT2D eigenvalue weighted by Gasteiger charge is -2.35. The highest BCUT2D eigenvalue weighted by atomic mass is 35.5. The molecule has 2 aliphatic heterocycles. The fourth-order valence-corrected chi connectivity index (χ4v) is 5.12. The van der Waals surface area contributed by atoms with Crippen molar-refractivity contribution in [2.45, 2.75) is 57.7 Å². The predicted octanol–water partition coefficient (Wildman–Crippen LogP) is 1.22. The Balaban J connectivity index is 0.00000220. The molecule has 0 aromatic heterocycles. The van der Waals surface area contributed by atoms with Crippen molar-refractivity contribution in [2.75, 3.05) is 18.6 Å². The molecular formula is C14H27ClN2O3S. The fraction of sp³-hybridized carbons (Fsp3) is 0.929. The summed E-state index contributed by atoms with van der Waals surface area (Å²) in [5.74, 6) is -0.449. The van der Waals surface area contributed by atoms with Crippen LogP contribution in [0.4, 0.5) is 0 Å². The highest BCUT2D eigenvalue weighted by molar-refractivity contribution is 7.92. The first-order valence-corrected chi connectivity index (χ1v) is 9.31. The van der Waals surface area contributed by atoms with Crippen LogP contribution in [0.25, 0.3) is 0 Å². The van der Waals surface area contributed by atoms with Crippen LogP contribution >= 0.6 is 12.4 Å². The third-order valence-electron chi connectivity index (χ3n) is 4.32. The highest BCUT2D eigenvalue weighted by Crippen LogP contribution is 2.29. The number of nitrogens with zero attached hydrogens (tertiary/aromatic N) is 1. The second kappa shape index (κ2) is 7.29. The lowest BCUT2D eigenvalue weighted by atomic mass is 9.98. The lowest BCUT2D eigenvalue weighted by Crippen LogP contribution is -2.50. The number of piperidine rings is 1. The minimum atomic E-state index is -3.28. The molecule has 0 saturated carbocycles. The van der Waals surface area contributed by atoms with Crippen LogP contribution in [0, 0.1) is 5.92 Å². The van der Waals surface area contributed by atoms with E-state index in [1.807, 2.05) is 13.8 Å². The van der Waals surface area contributed by atoms with E-state index < -0.39 is 9.84 Å². The third kappa shape index (κ3) is 5.11. The van der Waals surface area contributed by atoms with Gasteiger partial charge in [-0.15, -0.1) is 12.4 Å². The molecule has 2 rings (SSSR count). The van der Waals surface area contributed by atoms with Crippen molar-refractivity contribution in [3.8, 4) is 0 Å². The van der Waals surface area contributed by atoms with Crippen LogP contribution in [0.5, 0.6) is 0 Å². The van der Waals surface area contributed by atoms with Crippen molar-refractivity contribution < 1.29 is 13.2 Å². The predicted molar refractivity (Wildman–Crippen MR) is 86.5 cm³/mol. The summed E-state index contributed by atoms with van der Waals surface area (Å²) in [6.07, 6.45) is 4.25. The zero-order valence-electron chi connectivity index (χ0n) is 13.0. The number of nitrogens with one attached hydrogen (secondary N) is 1. The van der Waals surface area contributed by atoms with Gasteiger partial charge in [0.15, 0.2) is 9.84 Å². The van der Waals surface area contributed by atoms with Crippen LogP contribution < -0.4 is 5.32 Å². The molecule has 124 valence electrons. The Labute approximate surface area is 134 Å². The van der Waals surface area contributed by atoms with E-state index in [9.17, 15) is 13.2 Å². The van der Waals surface area contributed by atoms with E-state index in [1.165, 1.54) is 12.8 Å². The number of hydrogen-bond acceptors (Lipinski definition) is 4. The molecule has 0 aromatic rings. The van der Waals surface area contributed by atoms with Gasteiger partial charge in [-0.1, -0.05) is 13.8 Å². The largest absolute Gasteiger partial charge is 0.342 e. The second-order valence-electron chi connectivity index (χ2n) is 6.72. The average Bonchev–Trinajstić information content (AvgIpc) is 2.64. The Kier molecular flexibility index (Phi) is 6.50. The van der Waals surface area contributed by atoms with Crippen molar-refractivity contribution in [2.24, 2.45) is 5.92 Å². The number of sulfone groups is 1. The molecule has 2 aliphatic rings. The molecule has 1 N–H and O–H groups in total. The van der Waals surface area contributed by atoms with E-state index >= 15 is 0 Å². The fourth-order valence-electron chi connectivity index (χ4n) is 3.40. The van der Waals surface area contributed by atoms with Crippen molar-refractivity contribution in [3.05, 3.63) is 0 Å². The molecule has 0 spiro atoms. The van der Waals surface area contributed by atoms with Gasteiger partial charge in [0.25, 0.3) is 0 Å². The molecular weight excluding hydrogens is 312 g/mol. The molecule has 0 aromatic carbocycles. The van der Waals surface area contributed by atoms with E-state index in [-0.39, 0.29) is 41.8 Å². The summed E-state index contributed by atoms with van der Waals surface area (Å²) >= 11 is 0. The molecule has 21 heavy (non-hydrogen) atoms. The number of fused-ring (bicyclic) bond motifs is 2. The maximum absolute atomic E-state index is 12.2. The van der Waals surface area contributed by atoms with Gasteiger partial charge in [-0.3, -0.25) is 4.79 Å². The van der Waals surface area contributed by atoms with E-state index in [0.29, 0.717) is 12.1 Å². The van der Waals surface area contributed by atoms with Crippen LogP contribution in [0.3, 0.4) is 0 Å². The first-order valence-electron chi connectivity index (χ1n) is 7.49. The van der Waals surface area contributed by atoms with Gasteiger partial charge in [0.2, 0.25) is 5.91 Å². The summed E-state index contributed by atoms with van der Waals surface area (Å²) < 4.78 is 23.8. The Morgan fingerprint density at radius 3 is 2.24 bits per heavy atom. The number of carbonyl (C=O) groups excluding carboxylic acids is 1. The minimum absolute atomic E-state index is 0. The Bertz CT molecular complexity index is 455. The average molecular weight is 339 g/mol. The topological polar surface area (TPSA) is 66.5 Å². The number of hydrogen-bond donors (Lipinski definition) is 1. The molecule has 1 amide bonds. The molecule has 2 atom stereocenters. The summed E-state index contributed by atoms with van der Waals surface area (Å²) in [5, 5.41) is 3.53. The Hall–Kier alpha value is -0.330. The van der Waals surface area contributed by atoms with Gasteiger partial charge in [-0.2, -0.15) is 0 Å². The van der Waals surface area contributed by atoms with E-state index in [4.69, 9.17) is 0 Å². The van der Waals surface area contributed by atoms with E-state index in [2.05, 4.69) is 5.32 Å². The quantitative estimate of drug-likeness (QED) is 0.818. The van der Waals surface area contributed by atoms with Gasteiger partial charge in [0.1, 0.15) is 5.75 Å². The normalized spacial score (nSPS) is 28.3. The maximum atomic E-state index is 12.2. The number of rotatable bonds is 5. The van der Waals surface area contributed by atoms with Gasteiger partial charge in [0.05, 0.1) is 5.75 Å². The second-order valence-corrected chi connectivity index (χ2v) is 8.83. The number of amides is 1. The SMILES string of the molecule is CC(C)CS(=O)(=O)CC(=O)N(C)C1CC2CCC(C1)N2.Cl. The Morgan fingerprint density at radius 1 is 1.24 bits per heavy atom. The van der Waals surface area contributed by atoms with Crippen LogP contribution in [0.1, 0.15) is 39.5 Å². The molecule has 0 aliphatic carbocycles. The van der Waals surface area contributed by atoms with Gasteiger partial charge in [-0.25, -0.2) is 8.42 Å². The smallest absolute Gasteiger partial charge is 0.237 e. The van der Waals surface area contributed by atoms with Gasteiger partial charge in [-0.05, 0) is 31.6 Å². The van der Waals surface area contributed by atoms with Gasteiger partial charge < -0.3 is 10.2 Å². The lowest BCUT2D eigenvalue weighted by molar-refractivity contribution is -0.129. The van der Waals surface area contributed by atoms with Gasteiger partial charge in [0, 0.05) is 25.2 Å². The maximum Gasteiger partial charge on any atom is 0.237 e. The molecule has 2 fully saturated rings.